The molecule has 166 valence electrons. The molecule has 0 unspecified atom stereocenters. The average Bonchev–Trinajstić information content (AvgIpc) is 2.70. The molecule has 1 saturated heterocycles. The van der Waals surface area contributed by atoms with Crippen molar-refractivity contribution in [3.05, 3.63) is 23.9 Å². The number of amides is 2. The minimum absolute atomic E-state index is 0.190. The second-order valence-corrected chi connectivity index (χ2v) is 8.24. The Morgan fingerprint density at radius 1 is 1.23 bits per heavy atom. The summed E-state index contributed by atoms with van der Waals surface area (Å²) in [4.78, 5) is 42.1. The summed E-state index contributed by atoms with van der Waals surface area (Å²) in [5, 5.41) is 0. The minimum atomic E-state index is -0.501. The van der Waals surface area contributed by atoms with Gasteiger partial charge in [-0.2, -0.15) is 0 Å². The predicted molar refractivity (Wildman–Crippen MR) is 112 cm³/mol. The van der Waals surface area contributed by atoms with Crippen molar-refractivity contribution in [1.29, 1.82) is 0 Å². The molecule has 2 rings (SSSR count). The Morgan fingerprint density at radius 2 is 1.93 bits per heavy atom. The fourth-order valence-electron chi connectivity index (χ4n) is 3.14. The van der Waals surface area contributed by atoms with Gasteiger partial charge < -0.3 is 14.4 Å². The Hall–Kier alpha value is -2.84. The molecule has 1 aromatic heterocycles. The van der Waals surface area contributed by atoms with Crippen LogP contribution in [-0.2, 0) is 14.3 Å². The molecule has 0 bridgehead atoms. The van der Waals surface area contributed by atoms with Gasteiger partial charge in [-0.1, -0.05) is 0 Å². The molecule has 0 saturated carbocycles. The number of nitrogens with one attached hydrogen (secondary N) is 2. The topological polar surface area (TPSA) is 110 Å². The van der Waals surface area contributed by atoms with Crippen LogP contribution in [0.1, 0.15) is 63.7 Å². The van der Waals surface area contributed by atoms with Crippen LogP contribution in [-0.4, -0.2) is 53.2 Å². The van der Waals surface area contributed by atoms with Crippen LogP contribution in [0.3, 0.4) is 0 Å². The highest BCUT2D eigenvalue weighted by Crippen LogP contribution is 2.23. The Kier molecular flexibility index (Phi) is 8.44. The first-order chi connectivity index (χ1) is 14.2. The number of aromatic nitrogens is 1. The van der Waals surface area contributed by atoms with E-state index in [4.69, 9.17) is 9.47 Å². The summed E-state index contributed by atoms with van der Waals surface area (Å²) in [5.74, 6) is -0.0709. The lowest BCUT2D eigenvalue weighted by Crippen LogP contribution is -2.42. The average molecular weight is 421 g/mol. The number of esters is 1. The quantitative estimate of drug-likeness (QED) is 0.515. The summed E-state index contributed by atoms with van der Waals surface area (Å²) in [7, 11) is 0. The molecule has 0 aliphatic carbocycles. The smallest absolute Gasteiger partial charge is 0.410 e. The number of nitrogens with zero attached hydrogens (tertiary/aromatic N) is 2. The van der Waals surface area contributed by atoms with Crippen LogP contribution in [0.2, 0.25) is 0 Å². The first kappa shape index (κ1) is 23.4. The van der Waals surface area contributed by atoms with Crippen molar-refractivity contribution < 1.29 is 23.9 Å². The standard InChI is InChI=1S/C21H32N4O5/c1-5-29-19(27)16-7-6-12-22-18(16)24-23-17(26)9-8-15-10-13-25(14-11-15)20(28)30-21(2,3)4/h6-7,12,15H,5,8-11,13-14H2,1-4H3,(H,22,24)(H,23,26). The third-order valence-electron chi connectivity index (χ3n) is 4.67. The first-order valence-corrected chi connectivity index (χ1v) is 10.3. The van der Waals surface area contributed by atoms with E-state index in [1.54, 1.807) is 24.0 Å². The third-order valence-corrected chi connectivity index (χ3v) is 4.67. The molecule has 1 fully saturated rings. The zero-order valence-electron chi connectivity index (χ0n) is 18.2. The van der Waals surface area contributed by atoms with E-state index >= 15 is 0 Å². The summed E-state index contributed by atoms with van der Waals surface area (Å²) in [6.07, 6.45) is 3.99. The molecule has 0 atom stereocenters. The fraction of sp³-hybridized carbons (Fsp3) is 0.619. The van der Waals surface area contributed by atoms with Gasteiger partial charge in [-0.3, -0.25) is 15.6 Å². The van der Waals surface area contributed by atoms with Crippen molar-refractivity contribution in [3.63, 3.8) is 0 Å². The maximum Gasteiger partial charge on any atom is 0.410 e. The molecule has 1 aromatic rings. The molecular weight excluding hydrogens is 388 g/mol. The second-order valence-electron chi connectivity index (χ2n) is 8.24. The van der Waals surface area contributed by atoms with Crippen molar-refractivity contribution in [2.75, 3.05) is 25.1 Å². The number of carbonyl (C=O) groups excluding carboxylic acids is 3. The van der Waals surface area contributed by atoms with Crippen molar-refractivity contribution in [2.24, 2.45) is 5.92 Å². The number of hydrogen-bond acceptors (Lipinski definition) is 7. The molecule has 1 aliphatic heterocycles. The number of rotatable bonds is 7. The number of anilines is 1. The number of hydrazine groups is 1. The Bertz CT molecular complexity index is 739. The number of hydrogen-bond donors (Lipinski definition) is 2. The van der Waals surface area contributed by atoms with Gasteiger partial charge in [0.25, 0.3) is 0 Å². The van der Waals surface area contributed by atoms with Gasteiger partial charge in [-0.15, -0.1) is 0 Å². The molecule has 30 heavy (non-hydrogen) atoms. The van der Waals surface area contributed by atoms with Gasteiger partial charge in [0, 0.05) is 25.7 Å². The first-order valence-electron chi connectivity index (χ1n) is 10.3. The van der Waals surface area contributed by atoms with E-state index in [1.165, 1.54) is 6.20 Å². The van der Waals surface area contributed by atoms with Gasteiger partial charge >= 0.3 is 12.1 Å². The van der Waals surface area contributed by atoms with Crippen molar-refractivity contribution in [1.82, 2.24) is 15.3 Å². The van der Waals surface area contributed by atoms with Crippen LogP contribution in [0.4, 0.5) is 10.6 Å². The van der Waals surface area contributed by atoms with Crippen LogP contribution < -0.4 is 10.9 Å². The van der Waals surface area contributed by atoms with Gasteiger partial charge in [0.15, 0.2) is 5.82 Å². The van der Waals surface area contributed by atoms with Crippen LogP contribution in [0.5, 0.6) is 0 Å². The monoisotopic (exact) mass is 420 g/mol. The van der Waals surface area contributed by atoms with Gasteiger partial charge in [0.1, 0.15) is 11.2 Å². The predicted octanol–water partition coefficient (Wildman–Crippen LogP) is 3.13. The lowest BCUT2D eigenvalue weighted by molar-refractivity contribution is -0.121. The zero-order valence-corrected chi connectivity index (χ0v) is 18.2. The van der Waals surface area contributed by atoms with Crippen molar-refractivity contribution in [3.8, 4) is 0 Å². The molecule has 2 N–H and O–H groups in total. The fourth-order valence-corrected chi connectivity index (χ4v) is 3.14. The second kappa shape index (κ2) is 10.8. The maximum atomic E-state index is 12.2. The highest BCUT2D eigenvalue weighted by Gasteiger charge is 2.27. The van der Waals surface area contributed by atoms with Gasteiger partial charge in [0.05, 0.1) is 6.61 Å². The zero-order chi connectivity index (χ0) is 22.1. The third kappa shape index (κ3) is 7.53. The number of likely N-dealkylation sites (tertiary alicyclic amines) is 1. The lowest BCUT2D eigenvalue weighted by Gasteiger charge is -2.33. The molecule has 9 nitrogen and oxygen atoms in total. The van der Waals surface area contributed by atoms with E-state index in [0.29, 0.717) is 25.4 Å². The summed E-state index contributed by atoms with van der Waals surface area (Å²) < 4.78 is 10.4. The van der Waals surface area contributed by atoms with E-state index in [1.807, 2.05) is 20.8 Å². The Labute approximate surface area is 177 Å². The van der Waals surface area contributed by atoms with E-state index in [0.717, 1.165) is 19.3 Å². The Morgan fingerprint density at radius 3 is 2.57 bits per heavy atom. The SMILES string of the molecule is CCOC(=O)c1cccnc1NNC(=O)CCC1CCN(C(=O)OC(C)(C)C)CC1. The van der Waals surface area contributed by atoms with E-state index < -0.39 is 11.6 Å². The summed E-state index contributed by atoms with van der Waals surface area (Å²) in [6.45, 7) is 8.81. The van der Waals surface area contributed by atoms with Gasteiger partial charge in [0.2, 0.25) is 5.91 Å². The molecule has 0 spiro atoms. The summed E-state index contributed by atoms with van der Waals surface area (Å²) >= 11 is 0. The molecule has 1 aliphatic rings. The van der Waals surface area contributed by atoms with Gasteiger partial charge in [-0.25, -0.2) is 14.6 Å². The summed E-state index contributed by atoms with van der Waals surface area (Å²) in [6, 6.07) is 3.21. The highest BCUT2D eigenvalue weighted by molar-refractivity contribution is 5.94. The molecule has 0 aromatic carbocycles. The molecular formula is C21H32N4O5. The number of carbonyl (C=O) groups is 3. The Balaban J connectivity index is 1.73. The van der Waals surface area contributed by atoms with Crippen molar-refractivity contribution >= 4 is 23.8 Å². The van der Waals surface area contributed by atoms with Gasteiger partial charge in [-0.05, 0) is 65.0 Å². The number of ether oxygens (including phenoxy) is 2. The van der Waals surface area contributed by atoms with E-state index in [9.17, 15) is 14.4 Å². The highest BCUT2D eigenvalue weighted by atomic mass is 16.6. The number of pyridine rings is 1. The van der Waals surface area contributed by atoms with Crippen LogP contribution in [0, 0.1) is 5.92 Å². The van der Waals surface area contributed by atoms with Crippen molar-refractivity contribution in [2.45, 2.75) is 59.0 Å². The summed E-state index contributed by atoms with van der Waals surface area (Å²) in [5.41, 5.74) is 5.05. The maximum absolute atomic E-state index is 12.2. The van der Waals surface area contributed by atoms with Crippen LogP contribution >= 0.6 is 0 Å². The molecule has 9 heteroatoms. The minimum Gasteiger partial charge on any atom is -0.462 e. The van der Waals surface area contributed by atoms with Crippen LogP contribution in [0.25, 0.3) is 0 Å². The lowest BCUT2D eigenvalue weighted by atomic mass is 9.92. The molecule has 2 heterocycles. The number of piperidine rings is 1. The normalized spacial score (nSPS) is 14.7. The largest absolute Gasteiger partial charge is 0.462 e. The van der Waals surface area contributed by atoms with Crippen LogP contribution in [0.15, 0.2) is 18.3 Å². The molecule has 0 radical (unpaired) electrons. The van der Waals surface area contributed by atoms with E-state index in [2.05, 4.69) is 15.8 Å². The molecule has 2 amide bonds. The van der Waals surface area contributed by atoms with E-state index in [-0.39, 0.29) is 30.0 Å².